The Morgan fingerprint density at radius 3 is 2.33 bits per heavy atom. The summed E-state index contributed by atoms with van der Waals surface area (Å²) in [5.74, 6) is 0.459. The number of guanidine groups is 1. The summed E-state index contributed by atoms with van der Waals surface area (Å²) in [7, 11) is 1.62. The fourth-order valence-corrected chi connectivity index (χ4v) is 2.36. The minimum Gasteiger partial charge on any atom is -0.490 e. The van der Waals surface area contributed by atoms with Crippen molar-refractivity contribution in [2.75, 3.05) is 13.7 Å². The van der Waals surface area contributed by atoms with Crippen LogP contribution in [0.5, 0.6) is 11.5 Å². The van der Waals surface area contributed by atoms with Gasteiger partial charge in [0.05, 0.1) is 6.61 Å². The van der Waals surface area contributed by atoms with Crippen molar-refractivity contribution in [3.8, 4) is 11.5 Å². The van der Waals surface area contributed by atoms with Gasteiger partial charge in [-0.15, -0.1) is 0 Å². The Morgan fingerprint density at radius 2 is 1.74 bits per heavy atom. The highest BCUT2D eigenvalue weighted by Gasteiger charge is 2.11. The van der Waals surface area contributed by atoms with Crippen molar-refractivity contribution in [1.82, 2.24) is 10.6 Å². The highest BCUT2D eigenvalue weighted by Crippen LogP contribution is 2.29. The third-order valence-electron chi connectivity index (χ3n) is 3.56. The molecule has 2 N–H and O–H groups in total. The molecule has 2 rings (SSSR count). The monoisotopic (exact) mass is 381 g/mol. The summed E-state index contributed by atoms with van der Waals surface area (Å²) in [6, 6.07) is 11.0. The first-order valence-corrected chi connectivity index (χ1v) is 8.41. The lowest BCUT2D eigenvalue weighted by molar-refractivity contribution is -0.0514. The Bertz CT molecular complexity index is 770. The lowest BCUT2D eigenvalue weighted by Gasteiger charge is -2.15. The standard InChI is InChI=1S/C19H22F3N3O2/c1-3-26-17-10-14(7-8-16(17)27-18(21)22)12-25-19(23-2)24-11-13-5-4-6-15(20)9-13/h4-10,18H,3,11-12H2,1-2H3,(H2,23,24,25). The second-order valence-corrected chi connectivity index (χ2v) is 5.50. The number of alkyl halides is 2. The summed E-state index contributed by atoms with van der Waals surface area (Å²) in [6.45, 7) is -0.0393. The number of hydrogen-bond donors (Lipinski definition) is 2. The summed E-state index contributed by atoms with van der Waals surface area (Å²) in [6.07, 6.45) is 0. The van der Waals surface area contributed by atoms with Gasteiger partial charge in [0.1, 0.15) is 5.82 Å². The Morgan fingerprint density at radius 1 is 1.04 bits per heavy atom. The molecule has 0 saturated heterocycles. The molecule has 27 heavy (non-hydrogen) atoms. The quantitative estimate of drug-likeness (QED) is 0.541. The molecule has 0 atom stereocenters. The van der Waals surface area contributed by atoms with E-state index in [1.807, 2.05) is 0 Å². The molecule has 0 unspecified atom stereocenters. The van der Waals surface area contributed by atoms with Gasteiger partial charge in [-0.3, -0.25) is 4.99 Å². The molecule has 0 aliphatic rings. The SMILES string of the molecule is CCOc1cc(CNC(=NC)NCc2cccc(F)c2)ccc1OC(F)F. The smallest absolute Gasteiger partial charge is 0.387 e. The van der Waals surface area contributed by atoms with Crippen molar-refractivity contribution in [3.05, 3.63) is 59.4 Å². The molecule has 0 aliphatic carbocycles. The number of aliphatic imine (C=N–C) groups is 1. The van der Waals surface area contributed by atoms with E-state index in [4.69, 9.17) is 4.74 Å². The molecule has 146 valence electrons. The van der Waals surface area contributed by atoms with Crippen LogP contribution >= 0.6 is 0 Å². The van der Waals surface area contributed by atoms with Crippen LogP contribution in [0, 0.1) is 5.82 Å². The van der Waals surface area contributed by atoms with E-state index in [9.17, 15) is 13.2 Å². The molecule has 5 nitrogen and oxygen atoms in total. The number of ether oxygens (including phenoxy) is 2. The van der Waals surface area contributed by atoms with Gasteiger partial charge >= 0.3 is 6.61 Å². The van der Waals surface area contributed by atoms with E-state index in [1.54, 1.807) is 38.2 Å². The first-order valence-electron chi connectivity index (χ1n) is 8.41. The molecule has 0 radical (unpaired) electrons. The maximum Gasteiger partial charge on any atom is 0.387 e. The maximum absolute atomic E-state index is 13.2. The summed E-state index contributed by atoms with van der Waals surface area (Å²) in [5.41, 5.74) is 1.58. The second kappa shape index (κ2) is 10.3. The third-order valence-corrected chi connectivity index (χ3v) is 3.56. The molecule has 0 fully saturated rings. The Balaban J connectivity index is 1.96. The molecule has 8 heteroatoms. The number of hydrogen-bond acceptors (Lipinski definition) is 3. The van der Waals surface area contributed by atoms with Gasteiger partial charge < -0.3 is 20.1 Å². The molecule has 2 aromatic carbocycles. The summed E-state index contributed by atoms with van der Waals surface area (Å²) >= 11 is 0. The van der Waals surface area contributed by atoms with Crippen LogP contribution in [0.2, 0.25) is 0 Å². The van der Waals surface area contributed by atoms with Crippen LogP contribution in [0.1, 0.15) is 18.1 Å². The average molecular weight is 381 g/mol. The van der Waals surface area contributed by atoms with Gasteiger partial charge in [0.2, 0.25) is 0 Å². The molecule has 0 bridgehead atoms. The van der Waals surface area contributed by atoms with Crippen LogP contribution in [0.4, 0.5) is 13.2 Å². The van der Waals surface area contributed by atoms with Crippen molar-refractivity contribution in [3.63, 3.8) is 0 Å². The summed E-state index contributed by atoms with van der Waals surface area (Å²) in [5, 5.41) is 6.18. The lowest BCUT2D eigenvalue weighted by atomic mass is 10.2. The molecular formula is C19H22F3N3O2. The van der Waals surface area contributed by atoms with Crippen LogP contribution in [0.25, 0.3) is 0 Å². The van der Waals surface area contributed by atoms with Crippen LogP contribution in [-0.4, -0.2) is 26.2 Å². The molecule has 0 saturated carbocycles. The van der Waals surface area contributed by atoms with Crippen LogP contribution in [0.3, 0.4) is 0 Å². The maximum atomic E-state index is 13.2. The molecule has 0 aliphatic heterocycles. The first-order chi connectivity index (χ1) is 13.0. The van der Waals surface area contributed by atoms with Gasteiger partial charge in [-0.2, -0.15) is 8.78 Å². The minimum absolute atomic E-state index is 0.00999. The molecule has 0 spiro atoms. The normalized spacial score (nSPS) is 11.4. The fraction of sp³-hybridized carbons (Fsp3) is 0.316. The van der Waals surface area contributed by atoms with E-state index < -0.39 is 6.61 Å². The fourth-order valence-electron chi connectivity index (χ4n) is 2.36. The van der Waals surface area contributed by atoms with Crippen LogP contribution < -0.4 is 20.1 Å². The van der Waals surface area contributed by atoms with Gasteiger partial charge in [-0.1, -0.05) is 18.2 Å². The minimum atomic E-state index is -2.92. The lowest BCUT2D eigenvalue weighted by Crippen LogP contribution is -2.36. The number of halogens is 3. The molecule has 0 aromatic heterocycles. The third kappa shape index (κ3) is 6.73. The molecular weight excluding hydrogens is 359 g/mol. The zero-order valence-electron chi connectivity index (χ0n) is 15.1. The van der Waals surface area contributed by atoms with Crippen molar-refractivity contribution >= 4 is 5.96 Å². The van der Waals surface area contributed by atoms with E-state index in [0.717, 1.165) is 11.1 Å². The van der Waals surface area contributed by atoms with Crippen molar-refractivity contribution in [1.29, 1.82) is 0 Å². The highest BCUT2D eigenvalue weighted by molar-refractivity contribution is 5.79. The number of rotatable bonds is 8. The molecule has 2 aromatic rings. The van der Waals surface area contributed by atoms with Crippen molar-refractivity contribution in [2.45, 2.75) is 26.6 Å². The predicted octanol–water partition coefficient (Wildman–Crippen LogP) is 3.69. The number of nitrogens with zero attached hydrogens (tertiary/aromatic N) is 1. The van der Waals surface area contributed by atoms with Gasteiger partial charge in [0.25, 0.3) is 0 Å². The first kappa shape index (κ1) is 20.4. The van der Waals surface area contributed by atoms with E-state index in [2.05, 4.69) is 20.4 Å². The zero-order chi connectivity index (χ0) is 19.6. The van der Waals surface area contributed by atoms with Crippen LogP contribution in [-0.2, 0) is 13.1 Å². The predicted molar refractivity (Wildman–Crippen MR) is 97.7 cm³/mol. The van der Waals surface area contributed by atoms with Gasteiger partial charge in [-0.05, 0) is 42.3 Å². The largest absolute Gasteiger partial charge is 0.490 e. The highest BCUT2D eigenvalue weighted by atomic mass is 19.3. The van der Waals surface area contributed by atoms with Crippen LogP contribution in [0.15, 0.2) is 47.5 Å². The molecule has 0 heterocycles. The average Bonchev–Trinajstić information content (AvgIpc) is 2.63. The number of nitrogens with one attached hydrogen (secondary N) is 2. The van der Waals surface area contributed by atoms with Gasteiger partial charge in [0, 0.05) is 20.1 Å². The van der Waals surface area contributed by atoms with Crippen molar-refractivity contribution < 1.29 is 22.6 Å². The molecule has 0 amide bonds. The second-order valence-electron chi connectivity index (χ2n) is 5.50. The van der Waals surface area contributed by atoms with E-state index in [1.165, 1.54) is 18.2 Å². The van der Waals surface area contributed by atoms with Gasteiger partial charge in [-0.25, -0.2) is 4.39 Å². The Kier molecular flexibility index (Phi) is 7.79. The number of benzene rings is 2. The Labute approximate surface area is 156 Å². The summed E-state index contributed by atoms with van der Waals surface area (Å²) < 4.78 is 47.9. The zero-order valence-corrected chi connectivity index (χ0v) is 15.1. The van der Waals surface area contributed by atoms with Crippen molar-refractivity contribution in [2.24, 2.45) is 4.99 Å². The van der Waals surface area contributed by atoms with E-state index >= 15 is 0 Å². The van der Waals surface area contributed by atoms with E-state index in [0.29, 0.717) is 25.7 Å². The summed E-state index contributed by atoms with van der Waals surface area (Å²) in [4.78, 5) is 4.10. The van der Waals surface area contributed by atoms with E-state index in [-0.39, 0.29) is 17.3 Å². The Hall–Kier alpha value is -2.90. The van der Waals surface area contributed by atoms with Gasteiger partial charge in [0.15, 0.2) is 17.5 Å². The topological polar surface area (TPSA) is 54.9 Å².